The van der Waals surface area contributed by atoms with Crippen LogP contribution in [0.25, 0.3) is 105 Å². The van der Waals surface area contributed by atoms with Gasteiger partial charge in [-0.3, -0.25) is 0 Å². The highest BCUT2D eigenvalue weighted by Gasteiger charge is 2.48. The summed E-state index contributed by atoms with van der Waals surface area (Å²) in [5.41, 5.74) is 31.9. The molecule has 19 rings (SSSR count). The molecule has 2 aliphatic heterocycles. The average Bonchev–Trinajstić information content (AvgIpc) is 2.44. The van der Waals surface area contributed by atoms with Crippen molar-refractivity contribution in [2.45, 2.75) is 5.92 Å². The molecule has 13 aromatic carbocycles. The molecule has 0 saturated heterocycles. The molecule has 0 amide bonds. The van der Waals surface area contributed by atoms with Gasteiger partial charge in [0.2, 0.25) is 0 Å². The number of benzene rings is 13. The van der Waals surface area contributed by atoms with E-state index in [9.17, 15) is 0 Å². The molecule has 4 aliphatic rings. The Morgan fingerprint density at radius 1 is 0.321 bits per heavy atom. The van der Waals surface area contributed by atoms with Crippen LogP contribution in [0.15, 0.2) is 290 Å². The van der Waals surface area contributed by atoms with Crippen LogP contribution in [0.2, 0.25) is 0 Å². The molecule has 15 aromatic rings. The van der Waals surface area contributed by atoms with Crippen molar-refractivity contribution in [3.05, 3.63) is 302 Å². The third kappa shape index (κ3) is 6.27. The lowest BCUT2D eigenvalue weighted by Crippen LogP contribution is -2.61. The van der Waals surface area contributed by atoms with Crippen molar-refractivity contribution in [2.24, 2.45) is 0 Å². The van der Waals surface area contributed by atoms with Crippen LogP contribution in [0, 0.1) is 0 Å². The lowest BCUT2D eigenvalue weighted by molar-refractivity contribution is 0.669. The molecule has 1 unspecified atom stereocenters. The summed E-state index contributed by atoms with van der Waals surface area (Å²) in [7, 11) is 0. The Morgan fingerprint density at radius 2 is 0.869 bits per heavy atom. The molecule has 2 aliphatic carbocycles. The first-order valence-corrected chi connectivity index (χ1v) is 29.2. The average molecular weight is 1070 g/mol. The minimum atomic E-state index is -0.185. The maximum Gasteiger partial charge on any atom is 0.252 e. The second kappa shape index (κ2) is 17.3. The number of para-hydroxylation sites is 5. The van der Waals surface area contributed by atoms with Crippen molar-refractivity contribution in [3.8, 4) is 61.3 Å². The first-order chi connectivity index (χ1) is 41.7. The van der Waals surface area contributed by atoms with Gasteiger partial charge in [0.1, 0.15) is 5.58 Å². The second-order valence-electron chi connectivity index (χ2n) is 23.0. The summed E-state index contributed by atoms with van der Waals surface area (Å²) in [6.45, 7) is -0.185. The number of furan rings is 1. The molecule has 388 valence electrons. The van der Waals surface area contributed by atoms with E-state index in [1.54, 1.807) is 0 Å². The van der Waals surface area contributed by atoms with Gasteiger partial charge in [0.25, 0.3) is 6.71 Å². The number of aromatic nitrogens is 1. The van der Waals surface area contributed by atoms with E-state index in [2.05, 4.69) is 299 Å². The zero-order chi connectivity index (χ0) is 54.7. The number of anilines is 6. The zero-order valence-electron chi connectivity index (χ0n) is 45.5. The van der Waals surface area contributed by atoms with Crippen LogP contribution in [0.4, 0.5) is 34.1 Å². The molecule has 0 spiro atoms. The lowest BCUT2D eigenvalue weighted by atomic mass is 9.33. The van der Waals surface area contributed by atoms with Crippen molar-refractivity contribution in [1.29, 1.82) is 0 Å². The third-order valence-electron chi connectivity index (χ3n) is 18.8. The fourth-order valence-corrected chi connectivity index (χ4v) is 15.4. The summed E-state index contributed by atoms with van der Waals surface area (Å²) in [6.07, 6.45) is 0. The van der Waals surface area contributed by atoms with Crippen LogP contribution in [0.1, 0.15) is 22.6 Å². The van der Waals surface area contributed by atoms with Crippen LogP contribution < -0.4 is 26.2 Å². The maximum absolute atomic E-state index is 7.15. The van der Waals surface area contributed by atoms with Crippen molar-refractivity contribution in [2.75, 3.05) is 9.80 Å². The number of nitrogens with zero attached hydrogens (tertiary/aromatic N) is 3. The van der Waals surface area contributed by atoms with Crippen LogP contribution in [0.3, 0.4) is 0 Å². The summed E-state index contributed by atoms with van der Waals surface area (Å²) in [4.78, 5) is 5.24. The standard InChI is InChI=1S/C79H48BN3O/c1-4-21-48(22-5-1)51-43-72-77-73(44-51)83(78-53(49-23-6-2-7-24-49)32-18-33-54(78)50-25-8-3-9-26-50)70-45-52(81-67-37-15-12-28-56(67)57-29-13-16-38-68(57)81)41-42-65(70)80(77)66-46-63-61-35-19-34-60-55-27-10-11-31-59(55)76(75(60)61)64(63)47-71(66)82(72)69-39-20-36-62-58-30-14-17-40-74(58)84-79(62)69/h1-47,76H. The van der Waals surface area contributed by atoms with Gasteiger partial charge in [-0.15, -0.1) is 0 Å². The molecular formula is C79H48BN3O. The fraction of sp³-hybridized carbons (Fsp3) is 0.0127. The fourth-order valence-electron chi connectivity index (χ4n) is 15.4. The van der Waals surface area contributed by atoms with Gasteiger partial charge in [0.05, 0.1) is 22.4 Å². The highest BCUT2D eigenvalue weighted by Crippen LogP contribution is 2.60. The van der Waals surface area contributed by atoms with E-state index in [1.165, 1.54) is 77.1 Å². The van der Waals surface area contributed by atoms with E-state index in [4.69, 9.17) is 4.42 Å². The van der Waals surface area contributed by atoms with E-state index < -0.39 is 0 Å². The minimum Gasteiger partial charge on any atom is -0.454 e. The van der Waals surface area contributed by atoms with Gasteiger partial charge in [-0.05, 0) is 132 Å². The van der Waals surface area contributed by atoms with Crippen molar-refractivity contribution < 1.29 is 4.42 Å². The molecule has 5 heteroatoms. The molecule has 1 atom stereocenters. The van der Waals surface area contributed by atoms with E-state index >= 15 is 0 Å². The highest BCUT2D eigenvalue weighted by atomic mass is 16.3. The summed E-state index contributed by atoms with van der Waals surface area (Å²) >= 11 is 0. The predicted octanol–water partition coefficient (Wildman–Crippen LogP) is 18.9. The molecule has 0 saturated carbocycles. The Bertz CT molecular complexity index is 5180. The van der Waals surface area contributed by atoms with E-state index in [0.29, 0.717) is 0 Å². The van der Waals surface area contributed by atoms with E-state index in [1.807, 2.05) is 0 Å². The minimum absolute atomic E-state index is 0.109. The van der Waals surface area contributed by atoms with Gasteiger partial charge in [-0.1, -0.05) is 231 Å². The Morgan fingerprint density at radius 3 is 1.58 bits per heavy atom. The number of hydrogen-bond donors (Lipinski definition) is 0. The number of rotatable bonds is 6. The normalized spacial score (nSPS) is 14.0. The SMILES string of the molecule is c1ccc(-c2cc3c4c(c2)N(c2cccc5c2oc2ccccc25)c2cc5c(cc2B4c2ccc(-n4c6ccccc6c6ccccc64)cc2N3c2c(-c3ccccc3)cccc2-c2ccccc2)-c2cccc3c2C5c2ccccc2-3)cc1. The Hall–Kier alpha value is -10.9. The summed E-state index contributed by atoms with van der Waals surface area (Å²) < 4.78 is 9.63. The Kier molecular flexibility index (Phi) is 9.45. The summed E-state index contributed by atoms with van der Waals surface area (Å²) in [5, 5.41) is 4.67. The van der Waals surface area contributed by atoms with Gasteiger partial charge in [-0.2, -0.15) is 0 Å². The van der Waals surface area contributed by atoms with Gasteiger partial charge in [0, 0.05) is 67.0 Å². The molecule has 84 heavy (non-hydrogen) atoms. The summed E-state index contributed by atoms with van der Waals surface area (Å²) in [6, 6.07) is 106. The maximum atomic E-state index is 7.15. The van der Waals surface area contributed by atoms with Crippen molar-refractivity contribution in [3.63, 3.8) is 0 Å². The van der Waals surface area contributed by atoms with Crippen molar-refractivity contribution >= 4 is 101 Å². The van der Waals surface area contributed by atoms with Crippen LogP contribution >= 0.6 is 0 Å². The zero-order valence-corrected chi connectivity index (χ0v) is 45.5. The molecule has 0 N–H and O–H groups in total. The monoisotopic (exact) mass is 1070 g/mol. The third-order valence-corrected chi connectivity index (χ3v) is 18.8. The largest absolute Gasteiger partial charge is 0.454 e. The Balaban J connectivity index is 0.985. The smallest absolute Gasteiger partial charge is 0.252 e. The van der Waals surface area contributed by atoms with Crippen LogP contribution in [-0.2, 0) is 0 Å². The number of hydrogen-bond acceptors (Lipinski definition) is 3. The van der Waals surface area contributed by atoms with Gasteiger partial charge < -0.3 is 18.8 Å². The highest BCUT2D eigenvalue weighted by molar-refractivity contribution is 7.00. The molecule has 0 bridgehead atoms. The first kappa shape index (κ1) is 45.8. The van der Waals surface area contributed by atoms with Crippen molar-refractivity contribution in [1.82, 2.24) is 4.57 Å². The molecule has 0 radical (unpaired) electrons. The van der Waals surface area contributed by atoms with E-state index in [0.717, 1.165) is 95.1 Å². The Labute approximate surface area is 486 Å². The molecular weight excluding hydrogens is 1020 g/mol. The predicted molar refractivity (Wildman–Crippen MR) is 350 cm³/mol. The molecule has 2 aromatic heterocycles. The van der Waals surface area contributed by atoms with Crippen LogP contribution in [-0.4, -0.2) is 11.3 Å². The quantitative estimate of drug-likeness (QED) is 0.155. The molecule has 4 nitrogen and oxygen atoms in total. The lowest BCUT2D eigenvalue weighted by Gasteiger charge is -2.45. The van der Waals surface area contributed by atoms with Gasteiger partial charge in [0.15, 0.2) is 5.58 Å². The van der Waals surface area contributed by atoms with Gasteiger partial charge >= 0.3 is 0 Å². The summed E-state index contributed by atoms with van der Waals surface area (Å²) in [5.74, 6) is 0.109. The second-order valence-corrected chi connectivity index (χ2v) is 23.0. The van der Waals surface area contributed by atoms with E-state index in [-0.39, 0.29) is 12.6 Å². The molecule has 4 heterocycles. The molecule has 0 fully saturated rings. The van der Waals surface area contributed by atoms with Gasteiger partial charge in [-0.25, -0.2) is 0 Å². The van der Waals surface area contributed by atoms with Crippen LogP contribution in [0.5, 0.6) is 0 Å². The number of fused-ring (bicyclic) bond motifs is 16. The topological polar surface area (TPSA) is 24.6 Å². The first-order valence-electron chi connectivity index (χ1n) is 29.2.